The molecule has 0 aliphatic heterocycles. The Kier molecular flexibility index (Phi) is 10.6. The molecule has 4 aromatic rings. The summed E-state index contributed by atoms with van der Waals surface area (Å²) in [6.07, 6.45) is 1.54. The molecule has 1 atom stereocenters. The number of hydrogen-bond donors (Lipinski definition) is 3. The quantitative estimate of drug-likeness (QED) is 0.128. The molecule has 0 saturated carbocycles. The maximum Gasteiger partial charge on any atom is 0.272 e. The van der Waals surface area contributed by atoms with Crippen LogP contribution in [0.1, 0.15) is 48.2 Å². The van der Waals surface area contributed by atoms with E-state index < -0.39 is 11.8 Å². The Morgan fingerprint density at radius 1 is 0.738 bits per heavy atom. The van der Waals surface area contributed by atoms with Crippen molar-refractivity contribution in [2.24, 2.45) is 0 Å². The number of carbonyl (C=O) groups is 3. The van der Waals surface area contributed by atoms with Crippen molar-refractivity contribution in [3.63, 3.8) is 0 Å². The second-order valence-electron chi connectivity index (χ2n) is 9.90. The highest BCUT2D eigenvalue weighted by atomic mass is 35.5. The minimum Gasteiger partial charge on any atom is -0.325 e. The molecular weight excluding hydrogens is 566 g/mol. The molecule has 6 nitrogen and oxygen atoms in total. The fourth-order valence-electron chi connectivity index (χ4n) is 3.96. The zero-order chi connectivity index (χ0) is 30.1. The molecule has 3 amide bonds. The molecule has 0 fully saturated rings. The average Bonchev–Trinajstić information content (AvgIpc) is 2.99. The number of halogens is 1. The predicted octanol–water partition coefficient (Wildman–Crippen LogP) is 7.99. The Morgan fingerprint density at radius 2 is 1.33 bits per heavy atom. The van der Waals surface area contributed by atoms with Gasteiger partial charge in [-0.2, -0.15) is 0 Å². The molecule has 4 aromatic carbocycles. The Morgan fingerprint density at radius 3 is 1.98 bits per heavy atom. The number of carbonyl (C=O) groups excluding carboxylic acids is 3. The second-order valence-corrected chi connectivity index (χ2v) is 11.7. The molecule has 0 spiro atoms. The molecule has 214 valence electrons. The summed E-state index contributed by atoms with van der Waals surface area (Å²) in [5.74, 6) is -0.594. The van der Waals surface area contributed by atoms with Gasteiger partial charge in [0.25, 0.3) is 11.8 Å². The van der Waals surface area contributed by atoms with Crippen molar-refractivity contribution in [1.82, 2.24) is 5.32 Å². The highest BCUT2D eigenvalue weighted by Gasteiger charge is 2.17. The van der Waals surface area contributed by atoms with E-state index in [4.69, 9.17) is 11.6 Å². The zero-order valence-corrected chi connectivity index (χ0v) is 25.1. The monoisotopic (exact) mass is 597 g/mol. The van der Waals surface area contributed by atoms with E-state index in [1.165, 1.54) is 17.3 Å². The van der Waals surface area contributed by atoms with Crippen molar-refractivity contribution in [2.75, 3.05) is 10.6 Å². The van der Waals surface area contributed by atoms with Gasteiger partial charge in [-0.1, -0.05) is 74.0 Å². The summed E-state index contributed by atoms with van der Waals surface area (Å²) in [4.78, 5) is 39.7. The summed E-state index contributed by atoms with van der Waals surface area (Å²) in [7, 11) is 0. The number of anilines is 2. The standard InChI is InChI=1S/C34H32ClN3O3S/c1-22(2)24-13-15-27(16-14-24)36-32(39)23(3)42-29-19-17-28(18-20-29)37-34(41)31(21-26-11-7-8-12-30(26)35)38-33(40)25-9-5-4-6-10-25/h4-23H,1-3H3,(H,36,39)(H,37,41)(H,38,40)/b31-21-. The normalized spacial score (nSPS) is 12.0. The summed E-state index contributed by atoms with van der Waals surface area (Å²) >= 11 is 7.73. The lowest BCUT2D eigenvalue weighted by atomic mass is 10.0. The molecule has 0 radical (unpaired) electrons. The van der Waals surface area contributed by atoms with Crippen LogP contribution in [0, 0.1) is 0 Å². The first-order valence-corrected chi connectivity index (χ1v) is 14.8. The maximum atomic E-state index is 13.3. The summed E-state index contributed by atoms with van der Waals surface area (Å²) in [5.41, 5.74) is 3.56. The lowest BCUT2D eigenvalue weighted by Crippen LogP contribution is -2.30. The number of hydrogen-bond acceptors (Lipinski definition) is 4. The smallest absolute Gasteiger partial charge is 0.272 e. The summed E-state index contributed by atoms with van der Waals surface area (Å²) in [6.45, 7) is 6.10. The zero-order valence-electron chi connectivity index (χ0n) is 23.6. The first-order valence-electron chi connectivity index (χ1n) is 13.5. The molecule has 0 aliphatic carbocycles. The largest absolute Gasteiger partial charge is 0.325 e. The van der Waals surface area contributed by atoms with Gasteiger partial charge in [-0.05, 0) is 84.6 Å². The Hall–Kier alpha value is -4.33. The first kappa shape index (κ1) is 30.6. The van der Waals surface area contributed by atoms with Crippen LogP contribution in [0.25, 0.3) is 6.08 Å². The van der Waals surface area contributed by atoms with Crippen molar-refractivity contribution in [2.45, 2.75) is 36.8 Å². The number of thioether (sulfide) groups is 1. The molecule has 8 heteroatoms. The van der Waals surface area contributed by atoms with Gasteiger partial charge in [-0.15, -0.1) is 11.8 Å². The molecule has 0 aromatic heterocycles. The highest BCUT2D eigenvalue weighted by molar-refractivity contribution is 8.00. The van der Waals surface area contributed by atoms with Crippen LogP contribution in [0.15, 0.2) is 114 Å². The van der Waals surface area contributed by atoms with Gasteiger partial charge >= 0.3 is 0 Å². The fraction of sp³-hybridized carbons (Fsp3) is 0.147. The maximum absolute atomic E-state index is 13.3. The van der Waals surface area contributed by atoms with Gasteiger partial charge in [0.15, 0.2) is 0 Å². The van der Waals surface area contributed by atoms with E-state index in [0.29, 0.717) is 27.8 Å². The number of amides is 3. The van der Waals surface area contributed by atoms with Gasteiger partial charge in [0, 0.05) is 26.9 Å². The van der Waals surface area contributed by atoms with Crippen LogP contribution in [-0.2, 0) is 9.59 Å². The van der Waals surface area contributed by atoms with Crippen molar-refractivity contribution in [3.05, 3.63) is 131 Å². The molecule has 0 bridgehead atoms. The van der Waals surface area contributed by atoms with Crippen LogP contribution in [0.3, 0.4) is 0 Å². The molecule has 42 heavy (non-hydrogen) atoms. The van der Waals surface area contributed by atoms with Crippen LogP contribution in [0.2, 0.25) is 5.02 Å². The third-order valence-electron chi connectivity index (χ3n) is 6.37. The number of nitrogens with one attached hydrogen (secondary N) is 3. The van der Waals surface area contributed by atoms with Crippen LogP contribution < -0.4 is 16.0 Å². The van der Waals surface area contributed by atoms with Crippen molar-refractivity contribution >= 4 is 58.5 Å². The minimum atomic E-state index is -0.504. The fourth-order valence-corrected chi connectivity index (χ4v) is 5.02. The number of benzene rings is 4. The van der Waals surface area contributed by atoms with Gasteiger partial charge < -0.3 is 16.0 Å². The van der Waals surface area contributed by atoms with E-state index in [9.17, 15) is 14.4 Å². The molecule has 0 heterocycles. The van der Waals surface area contributed by atoms with Crippen LogP contribution in [0.4, 0.5) is 11.4 Å². The van der Waals surface area contributed by atoms with Gasteiger partial charge in [-0.25, -0.2) is 0 Å². The van der Waals surface area contributed by atoms with E-state index in [0.717, 1.165) is 10.6 Å². The molecular formula is C34H32ClN3O3S. The topological polar surface area (TPSA) is 87.3 Å². The summed E-state index contributed by atoms with van der Waals surface area (Å²) in [5, 5.41) is 8.61. The van der Waals surface area contributed by atoms with Crippen LogP contribution in [0.5, 0.6) is 0 Å². The van der Waals surface area contributed by atoms with Crippen LogP contribution in [-0.4, -0.2) is 23.0 Å². The average molecular weight is 598 g/mol. The van der Waals surface area contributed by atoms with E-state index in [2.05, 4.69) is 29.8 Å². The van der Waals surface area contributed by atoms with Crippen molar-refractivity contribution < 1.29 is 14.4 Å². The van der Waals surface area contributed by atoms with Crippen LogP contribution >= 0.6 is 23.4 Å². The lowest BCUT2D eigenvalue weighted by Gasteiger charge is -2.14. The Balaban J connectivity index is 1.41. The van der Waals surface area contributed by atoms with Gasteiger partial charge in [0.2, 0.25) is 5.91 Å². The SMILES string of the molecule is CC(Sc1ccc(NC(=O)/C(=C/c2ccccc2Cl)NC(=O)c2ccccc2)cc1)C(=O)Nc1ccc(C(C)C)cc1. The second kappa shape index (κ2) is 14.5. The summed E-state index contributed by atoms with van der Waals surface area (Å²) < 4.78 is 0. The molecule has 4 rings (SSSR count). The van der Waals surface area contributed by atoms with E-state index >= 15 is 0 Å². The molecule has 0 aliphatic rings. The summed E-state index contributed by atoms with van der Waals surface area (Å²) in [6, 6.07) is 30.7. The molecule has 0 saturated heterocycles. The third-order valence-corrected chi connectivity index (χ3v) is 7.83. The first-order chi connectivity index (χ1) is 20.2. The van der Waals surface area contributed by atoms with E-state index in [-0.39, 0.29) is 16.9 Å². The van der Waals surface area contributed by atoms with E-state index in [1.807, 2.05) is 49.4 Å². The predicted molar refractivity (Wildman–Crippen MR) is 173 cm³/mol. The van der Waals surface area contributed by atoms with E-state index in [1.54, 1.807) is 66.7 Å². The van der Waals surface area contributed by atoms with Crippen molar-refractivity contribution in [3.8, 4) is 0 Å². The number of rotatable bonds is 10. The Labute approximate surface area is 255 Å². The van der Waals surface area contributed by atoms with Crippen molar-refractivity contribution in [1.29, 1.82) is 0 Å². The molecule has 1 unspecified atom stereocenters. The van der Waals surface area contributed by atoms with Gasteiger partial charge in [0.1, 0.15) is 5.70 Å². The van der Waals surface area contributed by atoms with Gasteiger partial charge in [-0.3, -0.25) is 14.4 Å². The third kappa shape index (κ3) is 8.59. The van der Waals surface area contributed by atoms with Gasteiger partial charge in [0.05, 0.1) is 5.25 Å². The Bertz CT molecular complexity index is 1570. The highest BCUT2D eigenvalue weighted by Crippen LogP contribution is 2.26. The molecule has 3 N–H and O–H groups in total. The lowest BCUT2D eigenvalue weighted by molar-refractivity contribution is -0.115. The minimum absolute atomic E-state index is 0.0436.